The molecule has 210 valence electrons. The van der Waals surface area contributed by atoms with Crippen molar-refractivity contribution in [3.05, 3.63) is 53.2 Å². The molecule has 0 atom stereocenters. The maximum absolute atomic E-state index is 12.8. The number of ether oxygens (including phenoxy) is 1. The minimum atomic E-state index is -0.376. The number of carbonyl (C=O) groups excluding carboxylic acids is 2. The van der Waals surface area contributed by atoms with Crippen molar-refractivity contribution in [3.8, 4) is 33.9 Å². The predicted octanol–water partition coefficient (Wildman–Crippen LogP) is 5.51. The minimum Gasteiger partial charge on any atom is -0.508 e. The summed E-state index contributed by atoms with van der Waals surface area (Å²) in [5.41, 5.74) is 3.37. The van der Waals surface area contributed by atoms with Crippen molar-refractivity contribution in [2.45, 2.75) is 65.8 Å². The number of unbranched alkanes of at least 4 members (excludes halogenated alkanes) is 2. The van der Waals surface area contributed by atoms with Gasteiger partial charge in [-0.05, 0) is 61.9 Å². The lowest BCUT2D eigenvalue weighted by atomic mass is 9.94. The van der Waals surface area contributed by atoms with Crippen molar-refractivity contribution in [2.75, 3.05) is 19.7 Å². The summed E-state index contributed by atoms with van der Waals surface area (Å²) < 4.78 is 10.6. The number of carbonyl (C=O) groups is 2. The number of hydrogen-bond acceptors (Lipinski definition) is 8. The van der Waals surface area contributed by atoms with Gasteiger partial charge in [-0.1, -0.05) is 49.7 Å². The summed E-state index contributed by atoms with van der Waals surface area (Å²) in [6.07, 6.45) is 3.19. The summed E-state index contributed by atoms with van der Waals surface area (Å²) in [5.74, 6) is -0.435. The molecule has 1 heterocycles. The van der Waals surface area contributed by atoms with Gasteiger partial charge in [-0.15, -0.1) is 0 Å². The third-order valence-corrected chi connectivity index (χ3v) is 6.37. The fraction of sp³-hybridized carbons (Fsp3) is 0.433. The Morgan fingerprint density at radius 2 is 1.77 bits per heavy atom. The fourth-order valence-electron chi connectivity index (χ4n) is 4.33. The topological polar surface area (TPSA) is 134 Å². The van der Waals surface area contributed by atoms with Crippen LogP contribution in [-0.2, 0) is 16.1 Å². The number of amides is 1. The van der Waals surface area contributed by atoms with Crippen LogP contribution in [0.1, 0.15) is 80.9 Å². The maximum Gasteiger partial charge on any atom is 0.305 e. The molecule has 0 aliphatic heterocycles. The van der Waals surface area contributed by atoms with Gasteiger partial charge in [0, 0.05) is 25.6 Å². The molecule has 3 aromatic rings. The number of aromatic hydroxyl groups is 2. The lowest BCUT2D eigenvalue weighted by Gasteiger charge is -2.13. The molecule has 3 rings (SSSR count). The largest absolute Gasteiger partial charge is 0.508 e. The number of hydrogen-bond donors (Lipinski definition) is 4. The lowest BCUT2D eigenvalue weighted by molar-refractivity contribution is -0.143. The van der Waals surface area contributed by atoms with Gasteiger partial charge < -0.3 is 30.1 Å². The molecule has 0 radical (unpaired) electrons. The highest BCUT2D eigenvalue weighted by atomic mass is 16.5. The molecule has 2 aromatic carbocycles. The zero-order chi connectivity index (χ0) is 28.4. The van der Waals surface area contributed by atoms with Crippen LogP contribution in [-0.4, -0.2) is 46.9 Å². The first-order valence-corrected chi connectivity index (χ1v) is 13.6. The van der Waals surface area contributed by atoms with Gasteiger partial charge in [0.1, 0.15) is 11.5 Å². The van der Waals surface area contributed by atoms with Crippen molar-refractivity contribution >= 4 is 11.9 Å². The molecule has 1 amide bonds. The molecule has 1 aromatic heterocycles. The van der Waals surface area contributed by atoms with Crippen molar-refractivity contribution in [2.24, 2.45) is 0 Å². The standard InChI is InChI=1S/C30H39N3O6/c1-5-32-30(37)28-27(29(39-33-28)23-16-22(19(3)4)24(34)17-25(23)35)21-13-11-20(12-14-21)18-31-15-9-7-8-10-26(36)38-6-2/h11-14,16-17,19,31,34-35H,5-10,15,18H2,1-4H3,(H,32,37). The van der Waals surface area contributed by atoms with E-state index in [1.807, 2.05) is 52.0 Å². The first kappa shape index (κ1) is 29.7. The van der Waals surface area contributed by atoms with E-state index in [2.05, 4.69) is 15.8 Å². The molecular formula is C30H39N3O6. The van der Waals surface area contributed by atoms with Gasteiger partial charge in [-0.3, -0.25) is 9.59 Å². The smallest absolute Gasteiger partial charge is 0.305 e. The molecule has 0 saturated carbocycles. The highest BCUT2D eigenvalue weighted by molar-refractivity contribution is 6.02. The van der Waals surface area contributed by atoms with Gasteiger partial charge in [0.05, 0.1) is 17.7 Å². The van der Waals surface area contributed by atoms with E-state index in [1.165, 1.54) is 6.07 Å². The van der Waals surface area contributed by atoms with E-state index < -0.39 is 0 Å². The van der Waals surface area contributed by atoms with Crippen LogP contribution < -0.4 is 10.6 Å². The van der Waals surface area contributed by atoms with Gasteiger partial charge in [-0.2, -0.15) is 0 Å². The monoisotopic (exact) mass is 537 g/mol. The maximum atomic E-state index is 12.8. The molecule has 9 heteroatoms. The number of aromatic nitrogens is 1. The van der Waals surface area contributed by atoms with Crippen LogP contribution in [0, 0.1) is 0 Å². The highest BCUT2D eigenvalue weighted by Crippen LogP contribution is 2.43. The number of esters is 1. The average molecular weight is 538 g/mol. The molecule has 0 fully saturated rings. The van der Waals surface area contributed by atoms with Crippen LogP contribution in [0.3, 0.4) is 0 Å². The fourth-order valence-corrected chi connectivity index (χ4v) is 4.33. The quantitative estimate of drug-likeness (QED) is 0.156. The van der Waals surface area contributed by atoms with Gasteiger partial charge in [0.2, 0.25) is 0 Å². The molecule has 39 heavy (non-hydrogen) atoms. The Bertz CT molecular complexity index is 1250. The van der Waals surface area contributed by atoms with E-state index in [4.69, 9.17) is 9.26 Å². The number of rotatable bonds is 14. The average Bonchev–Trinajstić information content (AvgIpc) is 3.33. The molecular weight excluding hydrogens is 498 g/mol. The summed E-state index contributed by atoms with van der Waals surface area (Å²) in [7, 11) is 0. The summed E-state index contributed by atoms with van der Waals surface area (Å²) in [6, 6.07) is 10.7. The normalized spacial score (nSPS) is 11.1. The molecule has 0 spiro atoms. The second kappa shape index (κ2) is 14.3. The van der Waals surface area contributed by atoms with Crippen LogP contribution in [0.2, 0.25) is 0 Å². The number of benzene rings is 2. The van der Waals surface area contributed by atoms with Crippen LogP contribution >= 0.6 is 0 Å². The van der Waals surface area contributed by atoms with Crippen molar-refractivity contribution < 1.29 is 29.1 Å². The third kappa shape index (κ3) is 7.83. The number of phenols is 2. The first-order chi connectivity index (χ1) is 18.8. The first-order valence-electron chi connectivity index (χ1n) is 13.6. The van der Waals surface area contributed by atoms with E-state index in [0.717, 1.165) is 31.4 Å². The van der Waals surface area contributed by atoms with Crippen LogP contribution in [0.15, 0.2) is 40.9 Å². The predicted molar refractivity (Wildman–Crippen MR) is 150 cm³/mol. The van der Waals surface area contributed by atoms with E-state index in [9.17, 15) is 19.8 Å². The Hall–Kier alpha value is -3.85. The SMILES string of the molecule is CCNC(=O)c1noc(-c2cc(C(C)C)c(O)cc2O)c1-c1ccc(CNCCCCCC(=O)OCC)cc1. The van der Waals surface area contributed by atoms with Gasteiger partial charge in [0.25, 0.3) is 5.91 Å². The molecule has 0 bridgehead atoms. The summed E-state index contributed by atoms with van der Waals surface area (Å²) in [5, 5.41) is 31.2. The van der Waals surface area contributed by atoms with E-state index in [-0.39, 0.29) is 40.7 Å². The Kier molecular flexibility index (Phi) is 10.9. The molecule has 0 aliphatic carbocycles. The Morgan fingerprint density at radius 3 is 2.44 bits per heavy atom. The molecule has 0 saturated heterocycles. The Labute approximate surface area is 229 Å². The zero-order valence-corrected chi connectivity index (χ0v) is 23.2. The second-order valence-electron chi connectivity index (χ2n) is 9.67. The van der Waals surface area contributed by atoms with E-state index in [0.29, 0.717) is 48.4 Å². The van der Waals surface area contributed by atoms with Crippen molar-refractivity contribution in [1.29, 1.82) is 0 Å². The number of phenolic OH excluding ortho intramolecular Hbond substituents is 2. The summed E-state index contributed by atoms with van der Waals surface area (Å²) >= 11 is 0. The lowest BCUT2D eigenvalue weighted by Crippen LogP contribution is -2.23. The molecule has 0 aliphatic rings. The van der Waals surface area contributed by atoms with E-state index >= 15 is 0 Å². The highest BCUT2D eigenvalue weighted by Gasteiger charge is 2.27. The van der Waals surface area contributed by atoms with Gasteiger partial charge >= 0.3 is 5.97 Å². The third-order valence-electron chi connectivity index (χ3n) is 6.37. The van der Waals surface area contributed by atoms with Gasteiger partial charge in [0.15, 0.2) is 11.5 Å². The van der Waals surface area contributed by atoms with E-state index in [1.54, 1.807) is 6.07 Å². The van der Waals surface area contributed by atoms with Crippen molar-refractivity contribution in [3.63, 3.8) is 0 Å². The van der Waals surface area contributed by atoms with Crippen LogP contribution in [0.5, 0.6) is 11.5 Å². The molecule has 0 unspecified atom stereocenters. The van der Waals surface area contributed by atoms with Crippen molar-refractivity contribution in [1.82, 2.24) is 15.8 Å². The second-order valence-corrected chi connectivity index (χ2v) is 9.67. The molecule has 4 N–H and O–H groups in total. The number of nitrogens with zero attached hydrogens (tertiary/aromatic N) is 1. The van der Waals surface area contributed by atoms with Gasteiger partial charge in [-0.25, -0.2) is 0 Å². The Morgan fingerprint density at radius 1 is 1.03 bits per heavy atom. The molecule has 9 nitrogen and oxygen atoms in total. The number of nitrogens with one attached hydrogen (secondary N) is 2. The minimum absolute atomic E-state index is 0.00271. The summed E-state index contributed by atoms with van der Waals surface area (Å²) in [6.45, 7) is 9.86. The van der Waals surface area contributed by atoms with Crippen LogP contribution in [0.4, 0.5) is 0 Å². The Balaban J connectivity index is 1.76. The summed E-state index contributed by atoms with van der Waals surface area (Å²) in [4.78, 5) is 24.2. The van der Waals surface area contributed by atoms with Crippen LogP contribution in [0.25, 0.3) is 22.5 Å². The zero-order valence-electron chi connectivity index (χ0n) is 23.2.